The van der Waals surface area contributed by atoms with Crippen molar-refractivity contribution in [2.45, 2.75) is 88.1 Å². The highest BCUT2D eigenvalue weighted by atomic mass is 32.2. The van der Waals surface area contributed by atoms with Crippen molar-refractivity contribution in [1.29, 1.82) is 0 Å². The first kappa shape index (κ1) is 25.2. The van der Waals surface area contributed by atoms with Gasteiger partial charge in [-0.05, 0) is 88.9 Å². The number of rotatable bonds is 8. The Hall–Kier alpha value is -1.47. The Balaban J connectivity index is 1.01. The summed E-state index contributed by atoms with van der Waals surface area (Å²) in [7, 11) is 3.98. The zero-order chi connectivity index (χ0) is 24.1. The third kappa shape index (κ3) is 5.93. The maximum Gasteiger partial charge on any atom is 0.190 e. The average Bonchev–Trinajstić information content (AvgIpc) is 3.28. The van der Waals surface area contributed by atoms with Crippen molar-refractivity contribution < 1.29 is 4.74 Å². The molecular weight excluding hydrogens is 454 g/mol. The van der Waals surface area contributed by atoms with Crippen molar-refractivity contribution in [2.24, 2.45) is 12.5 Å². The van der Waals surface area contributed by atoms with Crippen LogP contribution in [-0.2, 0) is 11.8 Å². The summed E-state index contributed by atoms with van der Waals surface area (Å²) >= 11 is 1.89. The van der Waals surface area contributed by atoms with Crippen LogP contribution in [0.3, 0.4) is 0 Å². The zero-order valence-corrected chi connectivity index (χ0v) is 22.8. The molecule has 1 spiro atoms. The van der Waals surface area contributed by atoms with Crippen LogP contribution in [0, 0.1) is 5.41 Å². The number of hydrogen-bond acceptors (Lipinski definition) is 6. The first-order valence-electron chi connectivity index (χ1n) is 14.1. The van der Waals surface area contributed by atoms with Crippen LogP contribution in [-0.4, -0.2) is 70.2 Å². The standard InChI is InChI=1S/C28H45N5OS/c1-31-26(23-9-4-3-5-10-23)29-30-27(31)35-22-8-17-32-18-13-28(14-19-32)15-20-33(21-16-28)24-11-6-7-12-25(24)34-2/h11-12,23H,3-10,13-22H2,1-2H3. The number of nitrogens with zero attached hydrogens (tertiary/aromatic N) is 5. The molecule has 1 aromatic heterocycles. The van der Waals surface area contributed by atoms with Crippen molar-refractivity contribution in [1.82, 2.24) is 24.6 Å². The quantitative estimate of drug-likeness (QED) is 0.336. The van der Waals surface area contributed by atoms with Crippen molar-refractivity contribution in [2.75, 3.05) is 45.6 Å². The van der Waals surface area contributed by atoms with E-state index in [9.17, 15) is 0 Å². The third-order valence-electron chi connectivity index (χ3n) is 9.08. The first-order chi connectivity index (χ1) is 17.2. The Morgan fingerprint density at radius 1 is 0.971 bits per heavy atom. The first-order valence-corrected chi connectivity index (χ1v) is 15.1. The van der Waals surface area contributed by atoms with E-state index in [1.54, 1.807) is 0 Å². The molecule has 2 aliphatic carbocycles. The van der Waals surface area contributed by atoms with Crippen molar-refractivity contribution in [3.05, 3.63) is 29.4 Å². The molecule has 2 aliphatic heterocycles. The van der Waals surface area contributed by atoms with Gasteiger partial charge in [0.05, 0.1) is 12.8 Å². The van der Waals surface area contributed by atoms with Gasteiger partial charge in [-0.1, -0.05) is 37.1 Å². The molecule has 4 aliphatic rings. The molecule has 1 saturated carbocycles. The Kier molecular flexibility index (Phi) is 8.44. The molecule has 5 rings (SSSR count). The van der Waals surface area contributed by atoms with Gasteiger partial charge in [-0.3, -0.25) is 0 Å². The topological polar surface area (TPSA) is 46.4 Å². The van der Waals surface area contributed by atoms with E-state index in [1.807, 2.05) is 18.9 Å². The van der Waals surface area contributed by atoms with E-state index in [4.69, 9.17) is 4.74 Å². The van der Waals surface area contributed by atoms with Crippen LogP contribution in [0.5, 0.6) is 0 Å². The average molecular weight is 500 g/mol. The minimum Gasteiger partial charge on any atom is -0.495 e. The Labute approximate surface area is 216 Å². The van der Waals surface area contributed by atoms with Gasteiger partial charge in [0, 0.05) is 31.8 Å². The minimum absolute atomic E-state index is 0.572. The number of hydrogen-bond donors (Lipinski definition) is 0. The number of allylic oxidation sites excluding steroid dienone is 2. The lowest BCUT2D eigenvalue weighted by Gasteiger charge is -2.48. The number of piperidine rings is 2. The fraction of sp³-hybridized carbons (Fsp3) is 0.786. The van der Waals surface area contributed by atoms with Crippen LogP contribution in [0.15, 0.2) is 28.8 Å². The van der Waals surface area contributed by atoms with E-state index < -0.39 is 0 Å². The molecule has 3 fully saturated rings. The number of methoxy groups -OCH3 is 1. The van der Waals surface area contributed by atoms with Crippen molar-refractivity contribution in [3.8, 4) is 0 Å². The van der Waals surface area contributed by atoms with Crippen LogP contribution in [0.1, 0.15) is 88.8 Å². The van der Waals surface area contributed by atoms with Crippen LogP contribution < -0.4 is 0 Å². The van der Waals surface area contributed by atoms with Crippen LogP contribution >= 0.6 is 11.8 Å². The summed E-state index contributed by atoms with van der Waals surface area (Å²) in [5, 5.41) is 10.2. The summed E-state index contributed by atoms with van der Waals surface area (Å²) in [6, 6.07) is 0. The molecule has 0 atom stereocenters. The number of likely N-dealkylation sites (tertiary alicyclic amines) is 2. The highest BCUT2D eigenvalue weighted by Gasteiger charge is 2.38. The maximum atomic E-state index is 5.65. The van der Waals surface area contributed by atoms with Crippen LogP contribution in [0.2, 0.25) is 0 Å². The molecule has 2 saturated heterocycles. The van der Waals surface area contributed by atoms with E-state index >= 15 is 0 Å². The minimum atomic E-state index is 0.572. The van der Waals surface area contributed by atoms with Gasteiger partial charge in [-0.15, -0.1) is 10.2 Å². The second kappa shape index (κ2) is 11.7. The van der Waals surface area contributed by atoms with Crippen LogP contribution in [0.25, 0.3) is 0 Å². The lowest BCUT2D eigenvalue weighted by Crippen LogP contribution is -2.47. The number of aromatic nitrogens is 3. The highest BCUT2D eigenvalue weighted by Crippen LogP contribution is 2.43. The van der Waals surface area contributed by atoms with Gasteiger partial charge in [0.2, 0.25) is 0 Å². The second-order valence-electron chi connectivity index (χ2n) is 11.2. The summed E-state index contributed by atoms with van der Waals surface area (Å²) in [5.41, 5.74) is 1.92. The summed E-state index contributed by atoms with van der Waals surface area (Å²) in [4.78, 5) is 5.28. The highest BCUT2D eigenvalue weighted by molar-refractivity contribution is 7.99. The molecule has 0 aromatic carbocycles. The van der Waals surface area contributed by atoms with Crippen molar-refractivity contribution in [3.63, 3.8) is 0 Å². The van der Waals surface area contributed by atoms with Crippen LogP contribution in [0.4, 0.5) is 0 Å². The largest absolute Gasteiger partial charge is 0.495 e. The maximum absolute atomic E-state index is 5.65. The Morgan fingerprint density at radius 3 is 2.43 bits per heavy atom. The Morgan fingerprint density at radius 2 is 1.69 bits per heavy atom. The van der Waals surface area contributed by atoms with E-state index in [1.165, 1.54) is 108 Å². The fourth-order valence-corrected chi connectivity index (χ4v) is 7.55. The van der Waals surface area contributed by atoms with E-state index in [2.05, 4.69) is 43.8 Å². The molecule has 7 heteroatoms. The number of thioether (sulfide) groups is 1. The van der Waals surface area contributed by atoms with Gasteiger partial charge in [0.15, 0.2) is 5.16 Å². The SMILES string of the molecule is COC1=CCCC=C1N1CCC2(CCN(CCCSc3nnc(C4CCCCC4)n3C)CC2)CC1. The normalized spacial score (nSPS) is 23.9. The molecule has 0 amide bonds. The van der Waals surface area contributed by atoms with Gasteiger partial charge in [0.25, 0.3) is 0 Å². The van der Waals surface area contributed by atoms with Gasteiger partial charge in [-0.25, -0.2) is 0 Å². The van der Waals surface area contributed by atoms with E-state index in [0.29, 0.717) is 11.3 Å². The predicted octanol–water partition coefficient (Wildman–Crippen LogP) is 5.73. The molecule has 0 unspecified atom stereocenters. The molecule has 0 radical (unpaired) electrons. The van der Waals surface area contributed by atoms with Gasteiger partial charge >= 0.3 is 0 Å². The van der Waals surface area contributed by atoms with Gasteiger partial charge in [0.1, 0.15) is 11.6 Å². The Bertz CT molecular complexity index is 885. The van der Waals surface area contributed by atoms with Crippen molar-refractivity contribution >= 4 is 11.8 Å². The molecule has 194 valence electrons. The summed E-state index contributed by atoms with van der Waals surface area (Å²) in [5.74, 6) is 4.07. The lowest BCUT2D eigenvalue weighted by molar-refractivity contribution is 0.0434. The number of ether oxygens (including phenoxy) is 1. The summed E-state index contributed by atoms with van der Waals surface area (Å²) in [6.07, 6.45) is 20.2. The molecule has 35 heavy (non-hydrogen) atoms. The lowest BCUT2D eigenvalue weighted by atomic mass is 9.71. The molecular formula is C28H45N5OS. The molecule has 0 N–H and O–H groups in total. The molecule has 6 nitrogen and oxygen atoms in total. The monoisotopic (exact) mass is 499 g/mol. The fourth-order valence-electron chi connectivity index (χ4n) is 6.71. The summed E-state index contributed by atoms with van der Waals surface area (Å²) < 4.78 is 7.92. The molecule has 1 aromatic rings. The molecule has 0 bridgehead atoms. The van der Waals surface area contributed by atoms with Gasteiger partial charge in [-0.2, -0.15) is 0 Å². The van der Waals surface area contributed by atoms with Gasteiger partial charge < -0.3 is 19.1 Å². The van der Waals surface area contributed by atoms with E-state index in [-0.39, 0.29) is 0 Å². The zero-order valence-electron chi connectivity index (χ0n) is 22.0. The third-order valence-corrected chi connectivity index (χ3v) is 10.2. The van der Waals surface area contributed by atoms with E-state index in [0.717, 1.165) is 29.5 Å². The second-order valence-corrected chi connectivity index (χ2v) is 12.3. The predicted molar refractivity (Wildman–Crippen MR) is 143 cm³/mol. The summed E-state index contributed by atoms with van der Waals surface area (Å²) in [6.45, 7) is 6.13. The molecule has 3 heterocycles. The smallest absolute Gasteiger partial charge is 0.190 e.